The Balaban J connectivity index is 1.19. The molecule has 2 aliphatic heterocycles. The number of pyridine rings is 1. The first-order valence-electron chi connectivity index (χ1n) is 12.7. The lowest BCUT2D eigenvalue weighted by atomic mass is 9.83. The van der Waals surface area contributed by atoms with Gasteiger partial charge in [-0.05, 0) is 59.5 Å². The maximum absolute atomic E-state index is 13.4. The summed E-state index contributed by atoms with van der Waals surface area (Å²) < 4.78 is 7.03. The number of methoxy groups -OCH3 is 1. The fourth-order valence-electron chi connectivity index (χ4n) is 5.74. The van der Waals surface area contributed by atoms with Gasteiger partial charge in [0.1, 0.15) is 11.4 Å². The number of hydrogen-bond acceptors (Lipinski definition) is 4. The van der Waals surface area contributed by atoms with Gasteiger partial charge in [-0.15, -0.1) is 0 Å². The van der Waals surface area contributed by atoms with Crippen molar-refractivity contribution in [2.24, 2.45) is 5.92 Å². The lowest BCUT2D eigenvalue weighted by Crippen LogP contribution is -2.49. The molecule has 192 valence electrons. The summed E-state index contributed by atoms with van der Waals surface area (Å²) >= 11 is 0. The molecular formula is C30H28N4O4. The predicted molar refractivity (Wildman–Crippen MR) is 147 cm³/mol. The molecule has 1 saturated heterocycles. The lowest BCUT2D eigenvalue weighted by Gasteiger charge is -2.43. The van der Waals surface area contributed by atoms with Crippen molar-refractivity contribution in [2.45, 2.75) is 18.9 Å². The first-order chi connectivity index (χ1) is 18.5. The minimum absolute atomic E-state index is 0.0209. The van der Waals surface area contributed by atoms with E-state index in [0.29, 0.717) is 36.6 Å². The molecule has 1 aromatic heterocycles. The van der Waals surface area contributed by atoms with Gasteiger partial charge in [-0.2, -0.15) is 0 Å². The number of fused-ring (bicyclic) bond motifs is 5. The molecule has 2 N–H and O–H groups in total. The quantitative estimate of drug-likeness (QED) is 0.410. The van der Waals surface area contributed by atoms with Crippen LogP contribution in [0.3, 0.4) is 0 Å². The summed E-state index contributed by atoms with van der Waals surface area (Å²) in [7, 11) is 1.53. The Morgan fingerprint density at radius 1 is 0.842 bits per heavy atom. The molecule has 3 aromatic carbocycles. The number of rotatable bonds is 4. The van der Waals surface area contributed by atoms with Gasteiger partial charge < -0.3 is 24.8 Å². The van der Waals surface area contributed by atoms with Gasteiger partial charge in [0.2, 0.25) is 0 Å². The molecule has 2 aliphatic rings. The first kappa shape index (κ1) is 23.8. The van der Waals surface area contributed by atoms with Crippen molar-refractivity contribution in [2.75, 3.05) is 30.8 Å². The summed E-state index contributed by atoms with van der Waals surface area (Å²) in [5.74, 6) is 0.782. The summed E-state index contributed by atoms with van der Waals surface area (Å²) in [5, 5.41) is 7.57. The number of carbonyl (C=O) groups is 2. The monoisotopic (exact) mass is 508 g/mol. The number of benzene rings is 3. The van der Waals surface area contributed by atoms with E-state index in [4.69, 9.17) is 4.74 Å². The summed E-state index contributed by atoms with van der Waals surface area (Å²) in [6, 6.07) is 23.9. The van der Waals surface area contributed by atoms with Crippen molar-refractivity contribution in [3.8, 4) is 5.75 Å². The average Bonchev–Trinajstić information content (AvgIpc) is 2.94. The Hall–Kier alpha value is -4.59. The van der Waals surface area contributed by atoms with Crippen molar-refractivity contribution < 1.29 is 14.3 Å². The van der Waals surface area contributed by atoms with E-state index in [1.807, 2.05) is 59.5 Å². The van der Waals surface area contributed by atoms with Crippen molar-refractivity contribution in [1.29, 1.82) is 0 Å². The molecule has 0 spiro atoms. The maximum Gasteiger partial charge on any atom is 0.323 e. The molecule has 2 unspecified atom stereocenters. The fourth-order valence-corrected chi connectivity index (χ4v) is 5.74. The molecule has 8 heteroatoms. The number of aromatic nitrogens is 1. The zero-order chi connectivity index (χ0) is 26.2. The number of ether oxygens (including phenoxy) is 1. The number of nitrogens with zero attached hydrogens (tertiary/aromatic N) is 2. The molecule has 0 saturated carbocycles. The first-order valence-corrected chi connectivity index (χ1v) is 12.7. The largest absolute Gasteiger partial charge is 0.495 e. The van der Waals surface area contributed by atoms with Gasteiger partial charge in [0.15, 0.2) is 0 Å². The van der Waals surface area contributed by atoms with Crippen LogP contribution in [0.1, 0.15) is 28.4 Å². The number of piperidine rings is 1. The molecular weight excluding hydrogens is 480 g/mol. The average molecular weight is 509 g/mol. The highest BCUT2D eigenvalue weighted by atomic mass is 16.5. The number of hydrogen-bond donors (Lipinski definition) is 2. The summed E-state index contributed by atoms with van der Waals surface area (Å²) in [6.45, 7) is 1.67. The van der Waals surface area contributed by atoms with Crippen molar-refractivity contribution >= 4 is 34.1 Å². The molecule has 1 fully saturated rings. The van der Waals surface area contributed by atoms with E-state index in [1.165, 1.54) is 7.11 Å². The minimum Gasteiger partial charge on any atom is -0.495 e. The topological polar surface area (TPSA) is 92.7 Å². The third-order valence-electron chi connectivity index (χ3n) is 7.49. The predicted octanol–water partition coefficient (Wildman–Crippen LogP) is 4.91. The number of carbonyl (C=O) groups excluding carboxylic acids is 2. The molecule has 2 bridgehead atoms. The lowest BCUT2D eigenvalue weighted by molar-refractivity contribution is 0.0595. The van der Waals surface area contributed by atoms with Crippen molar-refractivity contribution in [3.63, 3.8) is 0 Å². The normalized spacial score (nSPS) is 18.0. The Kier molecular flexibility index (Phi) is 6.07. The molecule has 3 amide bonds. The van der Waals surface area contributed by atoms with Gasteiger partial charge in [0.05, 0.1) is 12.8 Å². The number of amides is 3. The zero-order valence-electron chi connectivity index (χ0n) is 21.0. The third-order valence-corrected chi connectivity index (χ3v) is 7.49. The third kappa shape index (κ3) is 4.38. The Bertz CT molecular complexity index is 1610. The van der Waals surface area contributed by atoms with Crippen LogP contribution in [-0.2, 0) is 6.54 Å². The summed E-state index contributed by atoms with van der Waals surface area (Å²) in [5.41, 5.74) is 2.07. The number of anilines is 2. The highest BCUT2D eigenvalue weighted by molar-refractivity contribution is 6.00. The van der Waals surface area contributed by atoms with Gasteiger partial charge in [-0.25, -0.2) is 4.79 Å². The fraction of sp³-hybridized carbons (Fsp3) is 0.233. The van der Waals surface area contributed by atoms with Crippen LogP contribution in [0.5, 0.6) is 5.75 Å². The van der Waals surface area contributed by atoms with Gasteiger partial charge >= 0.3 is 6.03 Å². The second kappa shape index (κ2) is 9.70. The molecule has 38 heavy (non-hydrogen) atoms. The van der Waals surface area contributed by atoms with Crippen LogP contribution in [-0.4, -0.2) is 41.6 Å². The second-order valence-corrected chi connectivity index (χ2v) is 9.94. The van der Waals surface area contributed by atoms with Crippen molar-refractivity contribution in [3.05, 3.63) is 100 Å². The highest BCUT2D eigenvalue weighted by Crippen LogP contribution is 2.36. The number of para-hydroxylation sites is 2. The van der Waals surface area contributed by atoms with Crippen LogP contribution >= 0.6 is 0 Å². The van der Waals surface area contributed by atoms with Crippen LogP contribution in [0.2, 0.25) is 0 Å². The van der Waals surface area contributed by atoms with Crippen LogP contribution in [0, 0.1) is 5.92 Å². The van der Waals surface area contributed by atoms with E-state index < -0.39 is 6.03 Å². The molecule has 0 aliphatic carbocycles. The highest BCUT2D eigenvalue weighted by Gasteiger charge is 2.37. The smallest absolute Gasteiger partial charge is 0.323 e. The molecule has 2 atom stereocenters. The van der Waals surface area contributed by atoms with Crippen LogP contribution < -0.4 is 20.9 Å². The molecule has 3 heterocycles. The van der Waals surface area contributed by atoms with E-state index in [-0.39, 0.29) is 29.0 Å². The second-order valence-electron chi connectivity index (χ2n) is 9.94. The molecule has 6 rings (SSSR count). The van der Waals surface area contributed by atoms with Gasteiger partial charge in [0.25, 0.3) is 11.5 Å². The molecule has 0 radical (unpaired) electrons. The van der Waals surface area contributed by atoms with Gasteiger partial charge in [-0.1, -0.05) is 42.5 Å². The van der Waals surface area contributed by atoms with Crippen LogP contribution in [0.25, 0.3) is 10.8 Å². The van der Waals surface area contributed by atoms with Crippen molar-refractivity contribution in [1.82, 2.24) is 9.47 Å². The van der Waals surface area contributed by atoms with Crippen LogP contribution in [0.4, 0.5) is 16.2 Å². The molecule has 4 aromatic rings. The van der Waals surface area contributed by atoms with E-state index in [2.05, 4.69) is 10.6 Å². The SMILES string of the molecule is COc1ccccc1NC(=O)Nc1ccc2n(c1=O)CC1CC2CN(C(=O)c2ccc3ccccc3c2)C1. The Morgan fingerprint density at radius 3 is 2.45 bits per heavy atom. The van der Waals surface area contributed by atoms with Crippen LogP contribution in [0.15, 0.2) is 83.7 Å². The number of urea groups is 1. The maximum atomic E-state index is 13.4. The number of likely N-dealkylation sites (tertiary alicyclic amines) is 1. The van der Waals surface area contributed by atoms with E-state index >= 15 is 0 Å². The number of nitrogens with one attached hydrogen (secondary N) is 2. The Morgan fingerprint density at radius 2 is 1.61 bits per heavy atom. The van der Waals surface area contributed by atoms with E-state index in [0.717, 1.165) is 22.9 Å². The van der Waals surface area contributed by atoms with E-state index in [9.17, 15) is 14.4 Å². The summed E-state index contributed by atoms with van der Waals surface area (Å²) in [6.07, 6.45) is 0.933. The summed E-state index contributed by atoms with van der Waals surface area (Å²) in [4.78, 5) is 41.3. The minimum atomic E-state index is -0.518. The van der Waals surface area contributed by atoms with Gasteiger partial charge in [-0.3, -0.25) is 9.59 Å². The Labute approximate surface area is 219 Å². The molecule has 8 nitrogen and oxygen atoms in total. The standard InChI is InChI=1S/C30H28N4O4/c1-38-27-9-5-4-8-24(27)31-30(37)32-25-12-13-26-23-14-19(17-34(26)29(25)36)16-33(18-23)28(35)22-11-10-20-6-2-3-7-21(20)15-22/h2-13,15,19,23H,14,16-18H2,1H3,(H2,31,32,37). The van der Waals surface area contributed by atoms with E-state index in [1.54, 1.807) is 28.8 Å². The zero-order valence-corrected chi connectivity index (χ0v) is 21.0. The van der Waals surface area contributed by atoms with Gasteiger partial charge in [0, 0.05) is 36.8 Å².